The predicted octanol–water partition coefficient (Wildman–Crippen LogP) is 1.04. The lowest BCUT2D eigenvalue weighted by Crippen LogP contribution is -2.25. The Labute approximate surface area is 88.1 Å². The molecule has 0 aliphatic rings. The van der Waals surface area contributed by atoms with Crippen LogP contribution in [0.25, 0.3) is 0 Å². The van der Waals surface area contributed by atoms with Gasteiger partial charge in [0.05, 0.1) is 11.9 Å². The molecule has 5 heteroatoms. The highest BCUT2D eigenvalue weighted by molar-refractivity contribution is 8.00. The van der Waals surface area contributed by atoms with Crippen LogP contribution in [-0.2, 0) is 11.8 Å². The smallest absolute Gasteiger partial charge is 0.230 e. The van der Waals surface area contributed by atoms with Crippen LogP contribution in [0.2, 0.25) is 0 Å². The molecule has 0 bridgehead atoms. The zero-order valence-corrected chi connectivity index (χ0v) is 9.30. The van der Waals surface area contributed by atoms with Crippen molar-refractivity contribution in [1.82, 2.24) is 15.1 Å². The molecular weight excluding hydrogens is 198 g/mol. The average molecular weight is 213 g/mol. The Kier molecular flexibility index (Phi) is 4.52. The SMILES string of the molecule is CCCNC(=O)CSc1cnn(C)c1. The Morgan fingerprint density at radius 3 is 3.07 bits per heavy atom. The van der Waals surface area contributed by atoms with Gasteiger partial charge in [-0.25, -0.2) is 0 Å². The van der Waals surface area contributed by atoms with Crippen LogP contribution in [0, 0.1) is 0 Å². The Morgan fingerprint density at radius 1 is 1.71 bits per heavy atom. The Morgan fingerprint density at radius 2 is 2.50 bits per heavy atom. The molecule has 0 radical (unpaired) electrons. The zero-order valence-electron chi connectivity index (χ0n) is 8.49. The molecule has 0 saturated heterocycles. The van der Waals surface area contributed by atoms with E-state index in [1.807, 2.05) is 20.2 Å². The van der Waals surface area contributed by atoms with Crippen LogP contribution in [-0.4, -0.2) is 28.0 Å². The van der Waals surface area contributed by atoms with E-state index in [2.05, 4.69) is 10.4 Å². The molecular formula is C9H15N3OS. The summed E-state index contributed by atoms with van der Waals surface area (Å²) in [7, 11) is 1.86. The van der Waals surface area contributed by atoms with Crippen molar-refractivity contribution >= 4 is 17.7 Å². The van der Waals surface area contributed by atoms with Crippen molar-refractivity contribution < 1.29 is 4.79 Å². The van der Waals surface area contributed by atoms with Crippen LogP contribution in [0.4, 0.5) is 0 Å². The van der Waals surface area contributed by atoms with Crippen molar-refractivity contribution in [2.24, 2.45) is 7.05 Å². The Bertz CT molecular complexity index is 298. The fraction of sp³-hybridized carbons (Fsp3) is 0.556. The highest BCUT2D eigenvalue weighted by Crippen LogP contribution is 2.15. The Hall–Kier alpha value is -0.970. The first-order valence-electron chi connectivity index (χ1n) is 4.60. The van der Waals surface area contributed by atoms with Crippen LogP contribution < -0.4 is 5.32 Å². The topological polar surface area (TPSA) is 46.9 Å². The third-order valence-electron chi connectivity index (χ3n) is 1.62. The lowest BCUT2D eigenvalue weighted by molar-refractivity contribution is -0.118. The largest absolute Gasteiger partial charge is 0.355 e. The number of rotatable bonds is 5. The molecule has 1 rings (SSSR count). The number of aromatic nitrogens is 2. The number of nitrogens with zero attached hydrogens (tertiary/aromatic N) is 2. The quantitative estimate of drug-likeness (QED) is 0.743. The van der Waals surface area contributed by atoms with Gasteiger partial charge in [0.1, 0.15) is 0 Å². The summed E-state index contributed by atoms with van der Waals surface area (Å²) in [5, 5.41) is 6.84. The van der Waals surface area contributed by atoms with Crippen molar-refractivity contribution in [2.75, 3.05) is 12.3 Å². The van der Waals surface area contributed by atoms with E-state index < -0.39 is 0 Å². The van der Waals surface area contributed by atoms with Gasteiger partial charge in [-0.1, -0.05) is 6.92 Å². The van der Waals surface area contributed by atoms with Crippen LogP contribution in [0.15, 0.2) is 17.3 Å². The van der Waals surface area contributed by atoms with Crippen molar-refractivity contribution in [2.45, 2.75) is 18.2 Å². The average Bonchev–Trinajstić information content (AvgIpc) is 2.58. The summed E-state index contributed by atoms with van der Waals surface area (Å²) in [6.45, 7) is 2.79. The molecule has 0 aliphatic heterocycles. The van der Waals surface area contributed by atoms with E-state index in [0.29, 0.717) is 5.75 Å². The van der Waals surface area contributed by atoms with Crippen LogP contribution in [0.1, 0.15) is 13.3 Å². The van der Waals surface area contributed by atoms with Gasteiger partial charge in [0, 0.05) is 24.7 Å². The molecule has 0 aromatic carbocycles. The molecule has 0 unspecified atom stereocenters. The zero-order chi connectivity index (χ0) is 10.4. The number of nitrogens with one attached hydrogen (secondary N) is 1. The number of aryl methyl sites for hydroxylation is 1. The summed E-state index contributed by atoms with van der Waals surface area (Å²) in [5.74, 6) is 0.548. The molecule has 1 N–H and O–H groups in total. The van der Waals surface area contributed by atoms with Crippen LogP contribution >= 0.6 is 11.8 Å². The van der Waals surface area contributed by atoms with E-state index in [0.717, 1.165) is 17.9 Å². The molecule has 0 fully saturated rings. The third-order valence-corrected chi connectivity index (χ3v) is 2.57. The van der Waals surface area contributed by atoms with Gasteiger partial charge in [-0.2, -0.15) is 5.10 Å². The van der Waals surface area contributed by atoms with Crippen molar-refractivity contribution in [3.8, 4) is 0 Å². The van der Waals surface area contributed by atoms with E-state index in [-0.39, 0.29) is 5.91 Å². The number of carbonyl (C=O) groups excluding carboxylic acids is 1. The number of thioether (sulfide) groups is 1. The molecule has 0 saturated carbocycles. The standard InChI is InChI=1S/C9H15N3OS/c1-3-4-10-9(13)7-14-8-5-11-12(2)6-8/h5-6H,3-4,7H2,1-2H3,(H,10,13). The minimum atomic E-state index is 0.0840. The van der Waals surface area contributed by atoms with Gasteiger partial charge in [-0.3, -0.25) is 9.48 Å². The van der Waals surface area contributed by atoms with Crippen LogP contribution in [0.3, 0.4) is 0 Å². The second-order valence-corrected chi connectivity index (χ2v) is 4.04. The molecule has 1 amide bonds. The van der Waals surface area contributed by atoms with Crippen molar-refractivity contribution in [3.05, 3.63) is 12.4 Å². The highest BCUT2D eigenvalue weighted by atomic mass is 32.2. The molecule has 1 aromatic heterocycles. The highest BCUT2D eigenvalue weighted by Gasteiger charge is 2.02. The predicted molar refractivity (Wildman–Crippen MR) is 57.2 cm³/mol. The van der Waals surface area contributed by atoms with Gasteiger partial charge >= 0.3 is 0 Å². The van der Waals surface area contributed by atoms with Gasteiger partial charge in [0.25, 0.3) is 0 Å². The van der Waals surface area contributed by atoms with Gasteiger partial charge in [0.2, 0.25) is 5.91 Å². The summed E-state index contributed by atoms with van der Waals surface area (Å²) in [6, 6.07) is 0. The summed E-state index contributed by atoms with van der Waals surface area (Å²) >= 11 is 1.50. The maximum atomic E-state index is 11.2. The molecule has 1 aromatic rings. The first-order valence-corrected chi connectivity index (χ1v) is 5.59. The summed E-state index contributed by atoms with van der Waals surface area (Å²) < 4.78 is 1.73. The lowest BCUT2D eigenvalue weighted by atomic mass is 10.5. The van der Waals surface area contributed by atoms with Gasteiger partial charge in [0.15, 0.2) is 0 Å². The lowest BCUT2D eigenvalue weighted by Gasteiger charge is -2.01. The first kappa shape index (κ1) is 11.1. The molecule has 4 nitrogen and oxygen atoms in total. The maximum Gasteiger partial charge on any atom is 0.230 e. The van der Waals surface area contributed by atoms with Crippen LogP contribution in [0.5, 0.6) is 0 Å². The minimum Gasteiger partial charge on any atom is -0.355 e. The molecule has 0 spiro atoms. The van der Waals surface area contributed by atoms with E-state index >= 15 is 0 Å². The first-order chi connectivity index (χ1) is 6.72. The summed E-state index contributed by atoms with van der Waals surface area (Å²) in [6.07, 6.45) is 4.64. The monoisotopic (exact) mass is 213 g/mol. The van der Waals surface area contributed by atoms with Gasteiger partial charge < -0.3 is 5.32 Å². The van der Waals surface area contributed by atoms with Gasteiger partial charge in [-0.15, -0.1) is 11.8 Å². The molecule has 1 heterocycles. The molecule has 78 valence electrons. The van der Waals surface area contributed by atoms with Crippen molar-refractivity contribution in [1.29, 1.82) is 0 Å². The maximum absolute atomic E-state index is 11.2. The fourth-order valence-electron chi connectivity index (χ4n) is 0.938. The van der Waals surface area contributed by atoms with Crippen molar-refractivity contribution in [3.63, 3.8) is 0 Å². The summed E-state index contributed by atoms with van der Waals surface area (Å²) in [5.41, 5.74) is 0. The number of hydrogen-bond acceptors (Lipinski definition) is 3. The van der Waals surface area contributed by atoms with E-state index in [1.165, 1.54) is 11.8 Å². The van der Waals surface area contributed by atoms with E-state index in [4.69, 9.17) is 0 Å². The Balaban J connectivity index is 2.23. The number of hydrogen-bond donors (Lipinski definition) is 1. The second kappa shape index (κ2) is 5.70. The summed E-state index contributed by atoms with van der Waals surface area (Å²) in [4.78, 5) is 12.2. The number of carbonyl (C=O) groups is 1. The fourth-order valence-corrected chi connectivity index (χ4v) is 1.69. The molecule has 14 heavy (non-hydrogen) atoms. The van der Waals surface area contributed by atoms with Gasteiger partial charge in [-0.05, 0) is 6.42 Å². The second-order valence-electron chi connectivity index (χ2n) is 2.99. The third kappa shape index (κ3) is 3.83. The normalized spacial score (nSPS) is 10.1. The number of amides is 1. The minimum absolute atomic E-state index is 0.0840. The molecule has 0 atom stereocenters. The molecule has 0 aliphatic carbocycles. The van der Waals surface area contributed by atoms with E-state index in [9.17, 15) is 4.79 Å². The van der Waals surface area contributed by atoms with E-state index in [1.54, 1.807) is 10.9 Å².